The van der Waals surface area contributed by atoms with E-state index in [1.54, 1.807) is 61.4 Å². The van der Waals surface area contributed by atoms with Crippen molar-refractivity contribution in [3.05, 3.63) is 89.1 Å². The number of carbonyl (C=O) groups is 2. The molecule has 1 aromatic heterocycles. The summed E-state index contributed by atoms with van der Waals surface area (Å²) < 4.78 is 16.0. The number of rotatable bonds is 8. The van der Waals surface area contributed by atoms with Crippen molar-refractivity contribution in [2.24, 2.45) is 0 Å². The van der Waals surface area contributed by atoms with Gasteiger partial charge in [-0.25, -0.2) is 4.79 Å². The highest BCUT2D eigenvalue weighted by molar-refractivity contribution is 6.12. The van der Waals surface area contributed by atoms with Crippen LogP contribution in [0.25, 0.3) is 11.3 Å². The SMILES string of the molecule is CCOC(=O)c1ccc(N2C(=O)c3[nH]nc(-c4ccc(OC)cc4)c3[C@H]2c2ccc(O)c(OCC)c2)cc1. The summed E-state index contributed by atoms with van der Waals surface area (Å²) in [6.45, 7) is 4.22. The minimum Gasteiger partial charge on any atom is -0.504 e. The molecule has 1 aliphatic heterocycles. The first-order valence-corrected chi connectivity index (χ1v) is 12.3. The van der Waals surface area contributed by atoms with E-state index in [4.69, 9.17) is 14.2 Å². The summed E-state index contributed by atoms with van der Waals surface area (Å²) in [5.74, 6) is 0.328. The first-order chi connectivity index (χ1) is 18.5. The number of phenols is 1. The number of nitrogens with one attached hydrogen (secondary N) is 1. The molecule has 9 heteroatoms. The Morgan fingerprint density at radius 2 is 1.76 bits per heavy atom. The van der Waals surface area contributed by atoms with Crippen LogP contribution in [0, 0.1) is 0 Å². The van der Waals surface area contributed by atoms with E-state index in [2.05, 4.69) is 10.2 Å². The Morgan fingerprint density at radius 1 is 1.03 bits per heavy atom. The van der Waals surface area contributed by atoms with Gasteiger partial charge < -0.3 is 19.3 Å². The number of phenolic OH excluding ortho intramolecular Hbond substituents is 1. The Labute approximate surface area is 219 Å². The number of esters is 1. The lowest BCUT2D eigenvalue weighted by Crippen LogP contribution is -2.29. The second kappa shape index (κ2) is 10.3. The molecule has 3 aromatic carbocycles. The van der Waals surface area contributed by atoms with E-state index in [1.165, 1.54) is 0 Å². The molecule has 1 amide bonds. The Kier molecular flexibility index (Phi) is 6.74. The Bertz CT molecular complexity index is 1480. The van der Waals surface area contributed by atoms with Crippen molar-refractivity contribution < 1.29 is 28.9 Å². The topological polar surface area (TPSA) is 114 Å². The van der Waals surface area contributed by atoms with Crippen molar-refractivity contribution >= 4 is 17.6 Å². The van der Waals surface area contributed by atoms with Gasteiger partial charge in [-0.3, -0.25) is 14.8 Å². The van der Waals surface area contributed by atoms with Crippen LogP contribution in [0.3, 0.4) is 0 Å². The highest BCUT2D eigenvalue weighted by Crippen LogP contribution is 2.46. The zero-order chi connectivity index (χ0) is 26.8. The van der Waals surface area contributed by atoms with Crippen LogP contribution in [0.4, 0.5) is 5.69 Å². The molecule has 4 aromatic rings. The molecule has 194 valence electrons. The highest BCUT2D eigenvalue weighted by atomic mass is 16.5. The third-order valence-corrected chi connectivity index (χ3v) is 6.39. The van der Waals surface area contributed by atoms with Gasteiger partial charge in [0.2, 0.25) is 0 Å². The normalized spacial score (nSPS) is 14.3. The van der Waals surface area contributed by atoms with Crippen LogP contribution in [0.2, 0.25) is 0 Å². The van der Waals surface area contributed by atoms with E-state index < -0.39 is 12.0 Å². The molecule has 5 rings (SSSR count). The van der Waals surface area contributed by atoms with E-state index in [0.29, 0.717) is 46.3 Å². The van der Waals surface area contributed by atoms with Crippen molar-refractivity contribution in [2.75, 3.05) is 25.2 Å². The van der Waals surface area contributed by atoms with Crippen LogP contribution in [0.5, 0.6) is 17.2 Å². The molecule has 1 aliphatic rings. The van der Waals surface area contributed by atoms with Crippen LogP contribution in [-0.4, -0.2) is 47.5 Å². The summed E-state index contributed by atoms with van der Waals surface area (Å²) >= 11 is 0. The van der Waals surface area contributed by atoms with Crippen LogP contribution in [0.1, 0.15) is 51.9 Å². The summed E-state index contributed by atoms with van der Waals surface area (Å²) in [5.41, 5.74) is 4.20. The van der Waals surface area contributed by atoms with Gasteiger partial charge in [0.25, 0.3) is 5.91 Å². The van der Waals surface area contributed by atoms with Gasteiger partial charge in [-0.05, 0) is 80.1 Å². The monoisotopic (exact) mass is 513 g/mol. The van der Waals surface area contributed by atoms with Crippen LogP contribution < -0.4 is 14.4 Å². The number of aromatic nitrogens is 2. The summed E-state index contributed by atoms with van der Waals surface area (Å²) in [6.07, 6.45) is 0. The number of aromatic amines is 1. The number of ether oxygens (including phenoxy) is 3. The van der Waals surface area contributed by atoms with Gasteiger partial charge in [0.05, 0.1) is 37.6 Å². The number of carbonyl (C=O) groups excluding carboxylic acids is 2. The van der Waals surface area contributed by atoms with Crippen molar-refractivity contribution in [1.82, 2.24) is 10.2 Å². The van der Waals surface area contributed by atoms with E-state index >= 15 is 0 Å². The van der Waals surface area contributed by atoms with Gasteiger partial charge in [-0.15, -0.1) is 0 Å². The molecule has 0 radical (unpaired) electrons. The summed E-state index contributed by atoms with van der Waals surface area (Å²) in [6, 6.07) is 18.6. The lowest BCUT2D eigenvalue weighted by Gasteiger charge is -2.27. The number of benzene rings is 3. The maximum absolute atomic E-state index is 13.8. The molecule has 0 bridgehead atoms. The smallest absolute Gasteiger partial charge is 0.338 e. The molecule has 2 heterocycles. The summed E-state index contributed by atoms with van der Waals surface area (Å²) in [4.78, 5) is 27.6. The number of aromatic hydroxyl groups is 1. The van der Waals surface area contributed by atoms with Gasteiger partial charge >= 0.3 is 5.97 Å². The molecule has 0 unspecified atom stereocenters. The molecule has 38 heavy (non-hydrogen) atoms. The predicted molar refractivity (Wildman–Crippen MR) is 141 cm³/mol. The molecule has 0 spiro atoms. The minimum atomic E-state index is -0.582. The number of hydrogen-bond donors (Lipinski definition) is 2. The molecule has 0 aliphatic carbocycles. The lowest BCUT2D eigenvalue weighted by molar-refractivity contribution is 0.0526. The molecular formula is C29H27N3O6. The third kappa shape index (κ3) is 4.32. The second-order valence-corrected chi connectivity index (χ2v) is 8.59. The molecular weight excluding hydrogens is 486 g/mol. The second-order valence-electron chi connectivity index (χ2n) is 8.59. The maximum atomic E-state index is 13.8. The lowest BCUT2D eigenvalue weighted by atomic mass is 9.95. The number of methoxy groups -OCH3 is 1. The quantitative estimate of drug-likeness (QED) is 0.315. The van der Waals surface area contributed by atoms with Crippen molar-refractivity contribution in [3.63, 3.8) is 0 Å². The van der Waals surface area contributed by atoms with Crippen molar-refractivity contribution in [2.45, 2.75) is 19.9 Å². The number of amides is 1. The van der Waals surface area contributed by atoms with Gasteiger partial charge in [0.1, 0.15) is 11.4 Å². The molecule has 0 saturated carbocycles. The number of H-pyrrole nitrogens is 1. The Hall–Kier alpha value is -4.79. The third-order valence-electron chi connectivity index (χ3n) is 6.39. The Balaban J connectivity index is 1.65. The fourth-order valence-corrected chi connectivity index (χ4v) is 4.64. The largest absolute Gasteiger partial charge is 0.504 e. The number of hydrogen-bond acceptors (Lipinski definition) is 7. The predicted octanol–water partition coefficient (Wildman–Crippen LogP) is 5.12. The maximum Gasteiger partial charge on any atom is 0.338 e. The average molecular weight is 514 g/mol. The first kappa shape index (κ1) is 24.9. The average Bonchev–Trinajstić information content (AvgIpc) is 3.49. The zero-order valence-corrected chi connectivity index (χ0v) is 21.2. The van der Waals surface area contributed by atoms with Gasteiger partial charge in [0.15, 0.2) is 11.5 Å². The van der Waals surface area contributed by atoms with E-state index in [1.807, 2.05) is 31.2 Å². The van der Waals surface area contributed by atoms with E-state index in [0.717, 1.165) is 11.1 Å². The summed E-state index contributed by atoms with van der Waals surface area (Å²) in [5, 5.41) is 17.8. The molecule has 1 atom stereocenters. The Morgan fingerprint density at radius 3 is 2.42 bits per heavy atom. The molecule has 2 N–H and O–H groups in total. The molecule has 9 nitrogen and oxygen atoms in total. The van der Waals surface area contributed by atoms with Crippen molar-refractivity contribution in [1.29, 1.82) is 0 Å². The minimum absolute atomic E-state index is 0.00746. The molecule has 0 fully saturated rings. The van der Waals surface area contributed by atoms with E-state index in [9.17, 15) is 14.7 Å². The first-order valence-electron chi connectivity index (χ1n) is 12.3. The van der Waals surface area contributed by atoms with Crippen LogP contribution in [-0.2, 0) is 4.74 Å². The van der Waals surface area contributed by atoms with Crippen LogP contribution >= 0.6 is 0 Å². The van der Waals surface area contributed by atoms with Gasteiger partial charge in [-0.1, -0.05) is 6.07 Å². The number of fused-ring (bicyclic) bond motifs is 1. The van der Waals surface area contributed by atoms with Gasteiger partial charge in [0, 0.05) is 16.8 Å². The van der Waals surface area contributed by atoms with Crippen LogP contribution in [0.15, 0.2) is 66.7 Å². The summed E-state index contributed by atoms with van der Waals surface area (Å²) in [7, 11) is 1.60. The standard InChI is InChI=1S/C29H27N3O6/c1-4-37-23-16-19(10-15-22(23)33)27-24-25(17-8-13-21(36-3)14-9-17)30-31-26(24)28(34)32(27)20-11-6-18(7-12-20)29(35)38-5-2/h6-16,27,33H,4-5H2,1-3H3,(H,30,31)/t27-/m1/s1. The fourth-order valence-electron chi connectivity index (χ4n) is 4.64. The fraction of sp³-hybridized carbons (Fsp3) is 0.207. The van der Waals surface area contributed by atoms with Gasteiger partial charge in [-0.2, -0.15) is 5.10 Å². The molecule has 0 saturated heterocycles. The zero-order valence-electron chi connectivity index (χ0n) is 21.2. The number of anilines is 1. The van der Waals surface area contributed by atoms with E-state index in [-0.39, 0.29) is 18.3 Å². The highest BCUT2D eigenvalue weighted by Gasteiger charge is 2.43. The number of nitrogens with zero attached hydrogens (tertiary/aromatic N) is 2. The van der Waals surface area contributed by atoms with Crippen molar-refractivity contribution in [3.8, 4) is 28.5 Å².